The molecule has 3 rings (SSSR count). The van der Waals surface area contributed by atoms with E-state index in [4.69, 9.17) is 11.6 Å². The maximum Gasteiger partial charge on any atom is 0.261 e. The highest BCUT2D eigenvalue weighted by Crippen LogP contribution is 2.22. The van der Waals surface area contributed by atoms with Gasteiger partial charge in [0.2, 0.25) is 5.91 Å². The molecule has 0 radical (unpaired) electrons. The number of thioether (sulfide) groups is 1. The van der Waals surface area contributed by atoms with Crippen LogP contribution in [0.3, 0.4) is 0 Å². The van der Waals surface area contributed by atoms with Gasteiger partial charge in [0.25, 0.3) is 11.8 Å². The number of imide groups is 1. The van der Waals surface area contributed by atoms with Crippen molar-refractivity contribution < 1.29 is 14.4 Å². The minimum atomic E-state index is -0.336. The fourth-order valence-corrected chi connectivity index (χ4v) is 3.53. The van der Waals surface area contributed by atoms with E-state index < -0.39 is 0 Å². The SMILES string of the molecule is O=C(CCN1C(=O)c2ccccc2C1=O)NCCSc1ccc(Cl)cc1. The molecular formula is C19H17ClN2O3S. The number of halogens is 1. The van der Waals surface area contributed by atoms with Crippen LogP contribution < -0.4 is 5.32 Å². The molecule has 0 spiro atoms. The van der Waals surface area contributed by atoms with Crippen molar-refractivity contribution in [2.75, 3.05) is 18.8 Å². The van der Waals surface area contributed by atoms with E-state index in [1.165, 1.54) is 0 Å². The van der Waals surface area contributed by atoms with E-state index in [1.807, 2.05) is 24.3 Å². The maximum atomic E-state index is 12.2. The molecule has 2 aromatic carbocycles. The Labute approximate surface area is 160 Å². The van der Waals surface area contributed by atoms with Gasteiger partial charge in [-0.25, -0.2) is 0 Å². The molecule has 3 amide bonds. The Kier molecular flexibility index (Phi) is 5.96. The van der Waals surface area contributed by atoms with Crippen LogP contribution in [0.5, 0.6) is 0 Å². The Hall–Kier alpha value is -2.31. The van der Waals surface area contributed by atoms with Gasteiger partial charge in [-0.15, -0.1) is 11.8 Å². The minimum Gasteiger partial charge on any atom is -0.355 e. The lowest BCUT2D eigenvalue weighted by molar-refractivity contribution is -0.121. The van der Waals surface area contributed by atoms with Crippen molar-refractivity contribution >= 4 is 41.1 Å². The number of fused-ring (bicyclic) bond motifs is 1. The van der Waals surface area contributed by atoms with Gasteiger partial charge in [-0.3, -0.25) is 19.3 Å². The van der Waals surface area contributed by atoms with Crippen LogP contribution in [0.1, 0.15) is 27.1 Å². The molecule has 5 nitrogen and oxygen atoms in total. The van der Waals surface area contributed by atoms with Gasteiger partial charge in [-0.05, 0) is 36.4 Å². The first-order chi connectivity index (χ1) is 12.6. The average molecular weight is 389 g/mol. The monoisotopic (exact) mass is 388 g/mol. The number of carbonyl (C=O) groups excluding carboxylic acids is 3. The Morgan fingerprint density at radius 1 is 1.00 bits per heavy atom. The molecule has 1 heterocycles. The molecule has 0 saturated carbocycles. The minimum absolute atomic E-state index is 0.0858. The molecule has 0 bridgehead atoms. The Balaban J connectivity index is 1.40. The molecule has 7 heteroatoms. The standard InChI is InChI=1S/C19H17ClN2O3S/c20-13-5-7-14(8-6-13)26-12-10-21-17(23)9-11-22-18(24)15-3-1-2-4-16(15)19(22)25/h1-8H,9-12H2,(H,21,23). The van der Waals surface area contributed by atoms with Gasteiger partial charge in [0.15, 0.2) is 0 Å². The maximum absolute atomic E-state index is 12.2. The summed E-state index contributed by atoms with van der Waals surface area (Å²) in [4.78, 5) is 38.6. The number of nitrogens with zero attached hydrogens (tertiary/aromatic N) is 1. The fraction of sp³-hybridized carbons (Fsp3) is 0.211. The molecule has 0 atom stereocenters. The second-order valence-corrected chi connectivity index (χ2v) is 7.31. The van der Waals surface area contributed by atoms with Crippen LogP contribution in [-0.2, 0) is 4.79 Å². The predicted molar refractivity (Wildman–Crippen MR) is 102 cm³/mol. The zero-order valence-electron chi connectivity index (χ0n) is 13.9. The summed E-state index contributed by atoms with van der Waals surface area (Å²) in [6.07, 6.45) is 0.0943. The third kappa shape index (κ3) is 4.26. The second kappa shape index (κ2) is 8.38. The van der Waals surface area contributed by atoms with Crippen LogP contribution in [-0.4, -0.2) is 41.5 Å². The number of carbonyl (C=O) groups is 3. The van der Waals surface area contributed by atoms with E-state index >= 15 is 0 Å². The molecule has 134 valence electrons. The molecule has 26 heavy (non-hydrogen) atoms. The summed E-state index contributed by atoms with van der Waals surface area (Å²) >= 11 is 7.45. The predicted octanol–water partition coefficient (Wildman–Crippen LogP) is 3.23. The fourth-order valence-electron chi connectivity index (χ4n) is 2.63. The van der Waals surface area contributed by atoms with Crippen molar-refractivity contribution in [2.24, 2.45) is 0 Å². The third-order valence-corrected chi connectivity index (χ3v) is 5.21. The first kappa shape index (κ1) is 18.5. The van der Waals surface area contributed by atoms with Gasteiger partial charge in [-0.1, -0.05) is 23.7 Å². The zero-order valence-corrected chi connectivity index (χ0v) is 15.5. The number of benzene rings is 2. The highest BCUT2D eigenvalue weighted by molar-refractivity contribution is 7.99. The quantitative estimate of drug-likeness (QED) is 0.449. The van der Waals surface area contributed by atoms with Gasteiger partial charge >= 0.3 is 0 Å². The average Bonchev–Trinajstić information content (AvgIpc) is 2.89. The number of nitrogens with one attached hydrogen (secondary N) is 1. The van der Waals surface area contributed by atoms with Gasteiger partial charge in [0.1, 0.15) is 0 Å². The molecule has 0 unspecified atom stereocenters. The normalized spacial score (nSPS) is 13.0. The van der Waals surface area contributed by atoms with Crippen LogP contribution in [0.4, 0.5) is 0 Å². The Morgan fingerprint density at radius 2 is 1.62 bits per heavy atom. The Morgan fingerprint density at radius 3 is 2.23 bits per heavy atom. The van der Waals surface area contributed by atoms with E-state index in [2.05, 4.69) is 5.32 Å². The topological polar surface area (TPSA) is 66.5 Å². The van der Waals surface area contributed by atoms with Crippen LogP contribution in [0, 0.1) is 0 Å². The molecule has 0 fully saturated rings. The van der Waals surface area contributed by atoms with Crippen LogP contribution in [0.25, 0.3) is 0 Å². The number of rotatable bonds is 7. The van der Waals surface area contributed by atoms with Crippen LogP contribution in [0.2, 0.25) is 5.02 Å². The van der Waals surface area contributed by atoms with E-state index in [-0.39, 0.29) is 30.7 Å². The lowest BCUT2D eigenvalue weighted by Gasteiger charge is -2.13. The number of hydrogen-bond donors (Lipinski definition) is 1. The molecule has 1 aliphatic heterocycles. The molecule has 1 aliphatic rings. The van der Waals surface area contributed by atoms with E-state index in [1.54, 1.807) is 36.0 Å². The largest absolute Gasteiger partial charge is 0.355 e. The highest BCUT2D eigenvalue weighted by Gasteiger charge is 2.34. The van der Waals surface area contributed by atoms with Gasteiger partial charge < -0.3 is 5.32 Å². The molecule has 0 aromatic heterocycles. The van der Waals surface area contributed by atoms with Crippen molar-refractivity contribution in [3.8, 4) is 0 Å². The highest BCUT2D eigenvalue weighted by atomic mass is 35.5. The summed E-state index contributed by atoms with van der Waals surface area (Å²) in [6.45, 7) is 0.594. The lowest BCUT2D eigenvalue weighted by atomic mass is 10.1. The van der Waals surface area contributed by atoms with E-state index in [9.17, 15) is 14.4 Å². The summed E-state index contributed by atoms with van der Waals surface area (Å²) in [5.41, 5.74) is 0.801. The van der Waals surface area contributed by atoms with Crippen LogP contribution >= 0.6 is 23.4 Å². The van der Waals surface area contributed by atoms with Crippen molar-refractivity contribution in [3.63, 3.8) is 0 Å². The summed E-state index contributed by atoms with van der Waals surface area (Å²) in [6, 6.07) is 14.2. The first-order valence-electron chi connectivity index (χ1n) is 8.16. The first-order valence-corrected chi connectivity index (χ1v) is 9.53. The lowest BCUT2D eigenvalue weighted by Crippen LogP contribution is -2.35. The van der Waals surface area contributed by atoms with Crippen molar-refractivity contribution in [1.29, 1.82) is 0 Å². The summed E-state index contributed by atoms with van der Waals surface area (Å²) in [5, 5.41) is 3.49. The second-order valence-electron chi connectivity index (χ2n) is 5.71. The molecule has 2 aromatic rings. The van der Waals surface area contributed by atoms with Crippen molar-refractivity contribution in [3.05, 3.63) is 64.7 Å². The van der Waals surface area contributed by atoms with E-state index in [0.29, 0.717) is 22.7 Å². The summed E-state index contributed by atoms with van der Waals surface area (Å²) in [5.74, 6) is -0.132. The smallest absolute Gasteiger partial charge is 0.261 e. The molecular weight excluding hydrogens is 372 g/mol. The molecule has 0 aliphatic carbocycles. The van der Waals surface area contributed by atoms with Gasteiger partial charge in [0, 0.05) is 35.2 Å². The number of hydrogen-bond acceptors (Lipinski definition) is 4. The third-order valence-electron chi connectivity index (χ3n) is 3.95. The van der Waals surface area contributed by atoms with Crippen molar-refractivity contribution in [1.82, 2.24) is 10.2 Å². The summed E-state index contributed by atoms with van der Waals surface area (Å²) < 4.78 is 0. The van der Waals surface area contributed by atoms with Gasteiger partial charge in [0.05, 0.1) is 11.1 Å². The zero-order chi connectivity index (χ0) is 18.5. The molecule has 0 saturated heterocycles. The van der Waals surface area contributed by atoms with Crippen LogP contribution in [0.15, 0.2) is 53.4 Å². The molecule has 1 N–H and O–H groups in total. The van der Waals surface area contributed by atoms with Crippen molar-refractivity contribution in [2.45, 2.75) is 11.3 Å². The summed E-state index contributed by atoms with van der Waals surface area (Å²) in [7, 11) is 0. The van der Waals surface area contributed by atoms with E-state index in [0.717, 1.165) is 15.5 Å². The Bertz CT molecular complexity index is 804. The van der Waals surface area contributed by atoms with Gasteiger partial charge in [-0.2, -0.15) is 0 Å². The number of amides is 3.